The van der Waals surface area contributed by atoms with Crippen molar-refractivity contribution in [3.8, 4) is 0 Å². The molecule has 2 heteroatoms. The van der Waals surface area contributed by atoms with E-state index in [0.717, 1.165) is 17.5 Å². The Labute approximate surface area is 129 Å². The maximum Gasteiger partial charge on any atom is 0.123 e. The minimum absolute atomic E-state index is 0.147. The maximum atomic E-state index is 13.2. The topological polar surface area (TPSA) is 0 Å². The molecular weight excluding hydrogens is 283 g/mol. The molecule has 0 nitrogen and oxygen atoms in total. The van der Waals surface area contributed by atoms with Crippen molar-refractivity contribution in [3.63, 3.8) is 0 Å². The van der Waals surface area contributed by atoms with Gasteiger partial charge >= 0.3 is 0 Å². The zero-order chi connectivity index (χ0) is 14.8. The second-order valence-electron chi connectivity index (χ2n) is 5.35. The molecule has 0 aliphatic rings. The fourth-order valence-corrected chi connectivity index (χ4v) is 3.10. The van der Waals surface area contributed by atoms with Gasteiger partial charge < -0.3 is 0 Å². The minimum Gasteiger partial charge on any atom is -0.207 e. The van der Waals surface area contributed by atoms with E-state index in [1.54, 1.807) is 6.07 Å². The van der Waals surface area contributed by atoms with Gasteiger partial charge in [-0.25, -0.2) is 4.39 Å². The van der Waals surface area contributed by atoms with Crippen molar-refractivity contribution in [1.29, 1.82) is 0 Å². The molecule has 3 aromatic rings. The molecule has 21 heavy (non-hydrogen) atoms. The van der Waals surface area contributed by atoms with E-state index in [1.165, 1.54) is 28.5 Å². The summed E-state index contributed by atoms with van der Waals surface area (Å²) in [4.78, 5) is 0. The summed E-state index contributed by atoms with van der Waals surface area (Å²) in [6.07, 6.45) is 0.735. The van der Waals surface area contributed by atoms with Crippen LogP contribution in [-0.2, 0) is 6.42 Å². The fourth-order valence-electron chi connectivity index (χ4n) is 2.67. The first kappa shape index (κ1) is 14.1. The Hall–Kier alpha value is -1.86. The van der Waals surface area contributed by atoms with Crippen LogP contribution < -0.4 is 0 Å². The van der Waals surface area contributed by atoms with Crippen molar-refractivity contribution in [2.45, 2.75) is 18.7 Å². The SMILES string of the molecule is Cc1cc(F)ccc1C(Cl)Cc1ccc2ccccc2c1. The summed E-state index contributed by atoms with van der Waals surface area (Å²) < 4.78 is 13.2. The van der Waals surface area contributed by atoms with Crippen molar-refractivity contribution < 1.29 is 4.39 Å². The van der Waals surface area contributed by atoms with E-state index in [1.807, 2.05) is 19.1 Å². The molecule has 0 saturated carbocycles. The Morgan fingerprint density at radius 3 is 2.48 bits per heavy atom. The van der Waals surface area contributed by atoms with Gasteiger partial charge in [0.25, 0.3) is 0 Å². The molecule has 0 amide bonds. The van der Waals surface area contributed by atoms with Crippen LogP contribution in [0.25, 0.3) is 10.8 Å². The molecule has 0 N–H and O–H groups in total. The number of fused-ring (bicyclic) bond motifs is 1. The number of benzene rings is 3. The van der Waals surface area contributed by atoms with E-state index in [4.69, 9.17) is 11.6 Å². The van der Waals surface area contributed by atoms with Gasteiger partial charge in [0.1, 0.15) is 5.82 Å². The van der Waals surface area contributed by atoms with Gasteiger partial charge in [0.15, 0.2) is 0 Å². The lowest BCUT2D eigenvalue weighted by Crippen LogP contribution is -1.99. The van der Waals surface area contributed by atoms with Crippen LogP contribution in [0.2, 0.25) is 0 Å². The fraction of sp³-hybridized carbons (Fsp3) is 0.158. The zero-order valence-corrected chi connectivity index (χ0v) is 12.6. The zero-order valence-electron chi connectivity index (χ0n) is 11.8. The van der Waals surface area contributed by atoms with Gasteiger partial charge in [0.2, 0.25) is 0 Å². The average molecular weight is 299 g/mol. The Morgan fingerprint density at radius 2 is 1.71 bits per heavy atom. The smallest absolute Gasteiger partial charge is 0.123 e. The first-order chi connectivity index (χ1) is 10.1. The summed E-state index contributed by atoms with van der Waals surface area (Å²) in [5, 5.41) is 2.30. The largest absolute Gasteiger partial charge is 0.207 e. The van der Waals surface area contributed by atoms with Crippen molar-refractivity contribution in [2.75, 3.05) is 0 Å². The van der Waals surface area contributed by atoms with E-state index < -0.39 is 0 Å². The molecule has 1 atom stereocenters. The first-order valence-corrected chi connectivity index (χ1v) is 7.45. The van der Waals surface area contributed by atoms with Gasteiger partial charge in [0, 0.05) is 0 Å². The van der Waals surface area contributed by atoms with Crippen molar-refractivity contribution in [2.24, 2.45) is 0 Å². The molecule has 0 radical (unpaired) electrons. The Kier molecular flexibility index (Phi) is 3.94. The predicted molar refractivity (Wildman–Crippen MR) is 87.4 cm³/mol. The van der Waals surface area contributed by atoms with Crippen molar-refractivity contribution in [1.82, 2.24) is 0 Å². The number of hydrogen-bond donors (Lipinski definition) is 0. The van der Waals surface area contributed by atoms with Gasteiger partial charge in [-0.15, -0.1) is 11.6 Å². The van der Waals surface area contributed by atoms with Crippen LogP contribution in [0.1, 0.15) is 22.1 Å². The molecule has 0 bridgehead atoms. The second-order valence-corrected chi connectivity index (χ2v) is 5.88. The molecule has 1 unspecified atom stereocenters. The molecule has 3 rings (SSSR count). The standard InChI is InChI=1S/C19H16ClF/c1-13-10-17(21)8-9-18(13)19(20)12-14-6-7-15-4-2-3-5-16(15)11-14/h2-11,19H,12H2,1H3. The predicted octanol–water partition coefficient (Wildman–Crippen LogP) is 5.81. The molecule has 0 aromatic heterocycles. The van der Waals surface area contributed by atoms with Crippen LogP contribution in [0.4, 0.5) is 4.39 Å². The molecule has 0 heterocycles. The van der Waals surface area contributed by atoms with E-state index in [2.05, 4.69) is 30.3 Å². The third-order valence-electron chi connectivity index (χ3n) is 3.80. The summed E-state index contributed by atoms with van der Waals surface area (Å²) in [5.74, 6) is -0.217. The van der Waals surface area contributed by atoms with Gasteiger partial charge in [-0.3, -0.25) is 0 Å². The summed E-state index contributed by atoms with van der Waals surface area (Å²) in [5.41, 5.74) is 3.08. The highest BCUT2D eigenvalue weighted by Crippen LogP contribution is 2.29. The van der Waals surface area contributed by atoms with E-state index >= 15 is 0 Å². The molecule has 106 valence electrons. The van der Waals surface area contributed by atoms with Gasteiger partial charge in [-0.2, -0.15) is 0 Å². The third kappa shape index (κ3) is 3.08. The quantitative estimate of drug-likeness (QED) is 0.535. The van der Waals surface area contributed by atoms with E-state index in [-0.39, 0.29) is 11.2 Å². The minimum atomic E-state index is -0.217. The highest BCUT2D eigenvalue weighted by Gasteiger charge is 2.12. The van der Waals surface area contributed by atoms with Crippen LogP contribution >= 0.6 is 11.6 Å². The first-order valence-electron chi connectivity index (χ1n) is 7.01. The third-order valence-corrected chi connectivity index (χ3v) is 4.19. The molecule has 3 aromatic carbocycles. The molecule has 0 aliphatic heterocycles. The molecule has 0 fully saturated rings. The van der Waals surface area contributed by atoms with Crippen LogP contribution in [0, 0.1) is 12.7 Å². The molecular formula is C19H16ClF. The number of aryl methyl sites for hydroxylation is 1. The Balaban J connectivity index is 1.87. The van der Waals surface area contributed by atoms with E-state index in [9.17, 15) is 4.39 Å². The van der Waals surface area contributed by atoms with Gasteiger partial charge in [-0.1, -0.05) is 48.5 Å². The number of alkyl halides is 1. The number of rotatable bonds is 3. The van der Waals surface area contributed by atoms with Crippen molar-refractivity contribution >= 4 is 22.4 Å². The number of hydrogen-bond acceptors (Lipinski definition) is 0. The normalized spacial score (nSPS) is 12.5. The van der Waals surface area contributed by atoms with Gasteiger partial charge in [-0.05, 0) is 52.9 Å². The summed E-state index contributed by atoms with van der Waals surface area (Å²) in [7, 11) is 0. The number of halogens is 2. The van der Waals surface area contributed by atoms with Crippen LogP contribution in [0.5, 0.6) is 0 Å². The highest BCUT2D eigenvalue weighted by molar-refractivity contribution is 6.21. The Bertz CT molecular complexity index is 779. The van der Waals surface area contributed by atoms with E-state index in [0.29, 0.717) is 0 Å². The lowest BCUT2D eigenvalue weighted by atomic mass is 9.98. The maximum absolute atomic E-state index is 13.2. The molecule has 0 saturated heterocycles. The lowest BCUT2D eigenvalue weighted by molar-refractivity contribution is 0.625. The second kappa shape index (κ2) is 5.87. The Morgan fingerprint density at radius 1 is 0.952 bits per heavy atom. The molecule has 0 aliphatic carbocycles. The van der Waals surface area contributed by atoms with Gasteiger partial charge in [0.05, 0.1) is 5.38 Å². The summed E-state index contributed by atoms with van der Waals surface area (Å²) in [6.45, 7) is 1.90. The summed E-state index contributed by atoms with van der Waals surface area (Å²) >= 11 is 6.53. The van der Waals surface area contributed by atoms with Crippen LogP contribution in [-0.4, -0.2) is 0 Å². The van der Waals surface area contributed by atoms with Crippen LogP contribution in [0.3, 0.4) is 0 Å². The van der Waals surface area contributed by atoms with Crippen molar-refractivity contribution in [3.05, 3.63) is 83.2 Å². The summed E-state index contributed by atoms with van der Waals surface area (Å²) in [6, 6.07) is 19.5. The lowest BCUT2D eigenvalue weighted by Gasteiger charge is -2.13. The monoisotopic (exact) mass is 298 g/mol. The molecule has 0 spiro atoms. The van der Waals surface area contributed by atoms with Crippen LogP contribution in [0.15, 0.2) is 60.7 Å². The highest BCUT2D eigenvalue weighted by atomic mass is 35.5. The average Bonchev–Trinajstić information content (AvgIpc) is 2.47.